The van der Waals surface area contributed by atoms with E-state index in [-0.39, 0.29) is 5.68 Å². The molecule has 1 rings (SSSR count). The number of benzene rings is 1. The Labute approximate surface area is 73.5 Å². The molecule has 0 heterocycles. The molecule has 12 heavy (non-hydrogen) atoms. The van der Waals surface area contributed by atoms with Crippen molar-refractivity contribution < 1.29 is 4.79 Å². The van der Waals surface area contributed by atoms with Gasteiger partial charge in [-0.1, -0.05) is 36.4 Å². The highest BCUT2D eigenvalue weighted by atomic mass is 16.1. The maximum Gasteiger partial charge on any atom is 0.193 e. The van der Waals surface area contributed by atoms with Crippen molar-refractivity contribution in [3.63, 3.8) is 0 Å². The van der Waals surface area contributed by atoms with Gasteiger partial charge in [0, 0.05) is 5.56 Å². The Hall–Kier alpha value is -1.31. The maximum atomic E-state index is 10.9. The number of carbonyl (C=O) groups is 1. The van der Waals surface area contributed by atoms with E-state index < -0.39 is 0 Å². The lowest BCUT2D eigenvalue weighted by molar-refractivity contribution is 0.108. The normalized spacial score (nSPS) is 9.42. The molecular weight excluding hydrogens is 147 g/mol. The maximum absolute atomic E-state index is 10.9. The summed E-state index contributed by atoms with van der Waals surface area (Å²) in [6.45, 7) is 5.76. The fourth-order valence-electron chi connectivity index (χ4n) is 0.989. The number of hydrogen-bond donors (Lipinski definition) is 0. The Morgan fingerprint density at radius 3 is 2.00 bits per heavy atom. The second kappa shape index (κ2) is 3.39. The average Bonchev–Trinajstić information content (AvgIpc) is 2.04. The lowest BCUT2D eigenvalue weighted by atomic mass is 9.93. The minimum absolute atomic E-state index is 0.100. The molecule has 1 aromatic carbocycles. The van der Waals surface area contributed by atoms with Crippen LogP contribution in [0.1, 0.15) is 22.8 Å². The van der Waals surface area contributed by atoms with Gasteiger partial charge in [-0.3, -0.25) is 0 Å². The van der Waals surface area contributed by atoms with Crippen molar-refractivity contribution >= 4 is 19.1 Å². The van der Waals surface area contributed by atoms with Gasteiger partial charge in [-0.25, -0.2) is 0 Å². The molecule has 0 aliphatic rings. The van der Waals surface area contributed by atoms with Crippen molar-refractivity contribution in [2.24, 2.45) is 0 Å². The Kier molecular flexibility index (Phi) is 2.49. The summed E-state index contributed by atoms with van der Waals surface area (Å²) in [6, 6.07) is 7.48. The molecular formula is C10H11BO. The Morgan fingerprint density at radius 1 is 1.25 bits per heavy atom. The van der Waals surface area contributed by atoms with E-state index in [0.717, 1.165) is 16.7 Å². The molecule has 1 aromatic rings. The van der Waals surface area contributed by atoms with Gasteiger partial charge in [0.05, 0.1) is 0 Å². The first-order valence-electron chi connectivity index (χ1n) is 3.88. The molecule has 60 valence electrons. The van der Waals surface area contributed by atoms with Crippen LogP contribution in [0.4, 0.5) is 0 Å². The first kappa shape index (κ1) is 8.79. The SMILES string of the molecule is BC(=O)c1ccc(C(=C)C)cc1. The minimum Gasteiger partial charge on any atom is -0.307 e. The molecule has 0 amide bonds. The van der Waals surface area contributed by atoms with E-state index in [1.807, 2.05) is 31.2 Å². The molecule has 0 N–H and O–H groups in total. The van der Waals surface area contributed by atoms with Gasteiger partial charge < -0.3 is 4.79 Å². The number of hydrogen-bond acceptors (Lipinski definition) is 1. The monoisotopic (exact) mass is 158 g/mol. The van der Waals surface area contributed by atoms with E-state index in [2.05, 4.69) is 6.58 Å². The summed E-state index contributed by atoms with van der Waals surface area (Å²) in [7, 11) is 1.57. The van der Waals surface area contributed by atoms with Crippen LogP contribution in [-0.2, 0) is 0 Å². The van der Waals surface area contributed by atoms with Gasteiger partial charge in [0.25, 0.3) is 0 Å². The van der Waals surface area contributed by atoms with Gasteiger partial charge >= 0.3 is 0 Å². The van der Waals surface area contributed by atoms with Crippen LogP contribution in [-0.4, -0.2) is 13.5 Å². The third-order valence-corrected chi connectivity index (χ3v) is 1.78. The van der Waals surface area contributed by atoms with Crippen LogP contribution in [0.25, 0.3) is 5.57 Å². The summed E-state index contributed by atoms with van der Waals surface area (Å²) in [5, 5.41) is 0. The molecule has 0 atom stereocenters. The van der Waals surface area contributed by atoms with Gasteiger partial charge in [0.15, 0.2) is 7.85 Å². The highest BCUT2D eigenvalue weighted by Crippen LogP contribution is 2.11. The quantitative estimate of drug-likeness (QED) is 0.596. The Bertz CT molecular complexity index is 278. The first-order valence-corrected chi connectivity index (χ1v) is 3.88. The van der Waals surface area contributed by atoms with Gasteiger partial charge in [0.2, 0.25) is 0 Å². The lowest BCUT2D eigenvalue weighted by Crippen LogP contribution is -1.96. The summed E-state index contributed by atoms with van der Waals surface area (Å²) in [5.74, 6) is 0. The van der Waals surface area contributed by atoms with Crippen molar-refractivity contribution in [2.45, 2.75) is 6.92 Å². The van der Waals surface area contributed by atoms with E-state index in [0.29, 0.717) is 0 Å². The molecule has 0 unspecified atom stereocenters. The van der Waals surface area contributed by atoms with E-state index >= 15 is 0 Å². The summed E-state index contributed by atoms with van der Waals surface area (Å²) >= 11 is 0. The summed E-state index contributed by atoms with van der Waals surface area (Å²) < 4.78 is 0. The van der Waals surface area contributed by atoms with Crippen LogP contribution < -0.4 is 0 Å². The molecule has 0 aliphatic carbocycles. The molecule has 2 heteroatoms. The highest BCUT2D eigenvalue weighted by molar-refractivity contribution is 6.62. The largest absolute Gasteiger partial charge is 0.307 e. The first-order chi connectivity index (χ1) is 5.61. The van der Waals surface area contributed by atoms with E-state index in [9.17, 15) is 4.79 Å². The molecule has 0 bridgehead atoms. The van der Waals surface area contributed by atoms with Crippen molar-refractivity contribution in [3.8, 4) is 0 Å². The second-order valence-corrected chi connectivity index (χ2v) is 2.91. The molecule has 0 saturated heterocycles. The van der Waals surface area contributed by atoms with Crippen molar-refractivity contribution in [3.05, 3.63) is 42.0 Å². The van der Waals surface area contributed by atoms with Crippen molar-refractivity contribution in [2.75, 3.05) is 0 Å². The second-order valence-electron chi connectivity index (χ2n) is 2.91. The molecule has 0 aromatic heterocycles. The average molecular weight is 158 g/mol. The standard InChI is InChI=1S/C10H11BO/c1-7(2)8-3-5-9(6-4-8)10(11)12/h3-6H,1,11H2,2H3. The van der Waals surface area contributed by atoms with Crippen molar-refractivity contribution in [1.82, 2.24) is 0 Å². The zero-order valence-electron chi connectivity index (χ0n) is 7.42. The summed E-state index contributed by atoms with van der Waals surface area (Å²) in [5.41, 5.74) is 2.95. The third kappa shape index (κ3) is 1.85. The smallest absolute Gasteiger partial charge is 0.193 e. The van der Waals surface area contributed by atoms with Crippen LogP contribution >= 0.6 is 0 Å². The van der Waals surface area contributed by atoms with Crippen LogP contribution in [0, 0.1) is 0 Å². The number of carbonyl (C=O) groups excluding carboxylic acids is 1. The minimum atomic E-state index is 0.100. The predicted molar refractivity (Wildman–Crippen MR) is 54.0 cm³/mol. The Morgan fingerprint density at radius 2 is 1.67 bits per heavy atom. The topological polar surface area (TPSA) is 17.1 Å². The van der Waals surface area contributed by atoms with E-state index in [1.54, 1.807) is 7.85 Å². The molecule has 0 fully saturated rings. The van der Waals surface area contributed by atoms with Gasteiger partial charge in [-0.2, -0.15) is 0 Å². The Balaban J connectivity index is 3.01. The van der Waals surface area contributed by atoms with Gasteiger partial charge in [-0.05, 0) is 12.5 Å². The molecule has 1 nitrogen and oxygen atoms in total. The van der Waals surface area contributed by atoms with E-state index in [1.165, 1.54) is 0 Å². The number of rotatable bonds is 2. The van der Waals surface area contributed by atoms with E-state index in [4.69, 9.17) is 0 Å². The third-order valence-electron chi connectivity index (χ3n) is 1.78. The fourth-order valence-corrected chi connectivity index (χ4v) is 0.989. The van der Waals surface area contributed by atoms with Crippen LogP contribution in [0.3, 0.4) is 0 Å². The molecule has 0 saturated carbocycles. The summed E-state index contributed by atoms with van der Waals surface area (Å²) in [4.78, 5) is 10.9. The van der Waals surface area contributed by atoms with Crippen LogP contribution in [0.2, 0.25) is 0 Å². The summed E-state index contributed by atoms with van der Waals surface area (Å²) in [6.07, 6.45) is 0. The van der Waals surface area contributed by atoms with Crippen LogP contribution in [0.15, 0.2) is 30.8 Å². The zero-order valence-corrected chi connectivity index (χ0v) is 7.42. The lowest BCUT2D eigenvalue weighted by Gasteiger charge is -1.99. The molecule has 0 spiro atoms. The zero-order chi connectivity index (χ0) is 9.14. The van der Waals surface area contributed by atoms with Crippen molar-refractivity contribution in [1.29, 1.82) is 0 Å². The highest BCUT2D eigenvalue weighted by Gasteiger charge is 1.98. The number of allylic oxidation sites excluding steroid dienone is 1. The fraction of sp³-hybridized carbons (Fsp3) is 0.100. The van der Waals surface area contributed by atoms with Gasteiger partial charge in [0.1, 0.15) is 5.68 Å². The predicted octanol–water partition coefficient (Wildman–Crippen LogP) is 1.49. The van der Waals surface area contributed by atoms with Crippen LogP contribution in [0.5, 0.6) is 0 Å². The molecule has 0 radical (unpaired) electrons. The van der Waals surface area contributed by atoms with Gasteiger partial charge in [-0.15, -0.1) is 0 Å². The molecule has 0 aliphatic heterocycles.